The first-order valence-corrected chi connectivity index (χ1v) is 5.84. The van der Waals surface area contributed by atoms with Crippen molar-refractivity contribution in [1.82, 2.24) is 0 Å². The maximum Gasteiger partial charge on any atom is 0.169 e. The quantitative estimate of drug-likeness (QED) is 0.776. The maximum atomic E-state index is 13.5. The highest BCUT2D eigenvalue weighted by molar-refractivity contribution is 9.10. The Labute approximate surface area is 103 Å². The standard InChI is InChI=1S/C12H14BrFO2/c1-8(6-7-16-2)12(15)11-9(13)4-3-5-10(11)14/h3-5,8H,6-7H2,1-2H3. The van der Waals surface area contributed by atoms with Gasteiger partial charge in [-0.15, -0.1) is 0 Å². The molecule has 0 heterocycles. The number of ether oxygens (including phenoxy) is 1. The van der Waals surface area contributed by atoms with E-state index in [9.17, 15) is 9.18 Å². The molecule has 16 heavy (non-hydrogen) atoms. The summed E-state index contributed by atoms with van der Waals surface area (Å²) < 4.78 is 18.9. The fraction of sp³-hybridized carbons (Fsp3) is 0.417. The third-order valence-corrected chi connectivity index (χ3v) is 3.07. The van der Waals surface area contributed by atoms with Crippen LogP contribution in [0.15, 0.2) is 22.7 Å². The monoisotopic (exact) mass is 288 g/mol. The molecule has 0 saturated heterocycles. The molecule has 0 saturated carbocycles. The van der Waals surface area contributed by atoms with Crippen molar-refractivity contribution >= 4 is 21.7 Å². The summed E-state index contributed by atoms with van der Waals surface area (Å²) in [5.41, 5.74) is 0.131. The number of carbonyl (C=O) groups is 1. The van der Waals surface area contributed by atoms with E-state index in [1.165, 1.54) is 6.07 Å². The van der Waals surface area contributed by atoms with E-state index in [-0.39, 0.29) is 17.3 Å². The minimum Gasteiger partial charge on any atom is -0.385 e. The number of halogens is 2. The van der Waals surface area contributed by atoms with Crippen molar-refractivity contribution < 1.29 is 13.9 Å². The molecular formula is C12H14BrFO2. The fourth-order valence-electron chi connectivity index (χ4n) is 1.41. The summed E-state index contributed by atoms with van der Waals surface area (Å²) in [6.07, 6.45) is 0.593. The Bertz CT molecular complexity index is 359. The fourth-order valence-corrected chi connectivity index (χ4v) is 1.94. The topological polar surface area (TPSA) is 26.3 Å². The zero-order valence-electron chi connectivity index (χ0n) is 9.30. The Kier molecular flexibility index (Phi) is 5.09. The van der Waals surface area contributed by atoms with Crippen molar-refractivity contribution in [3.8, 4) is 0 Å². The Morgan fingerprint density at radius 2 is 2.25 bits per heavy atom. The Hall–Kier alpha value is -0.740. The molecule has 0 bridgehead atoms. The van der Waals surface area contributed by atoms with Gasteiger partial charge in [-0.25, -0.2) is 4.39 Å². The van der Waals surface area contributed by atoms with Gasteiger partial charge in [-0.2, -0.15) is 0 Å². The molecule has 1 rings (SSSR count). The number of hydrogen-bond donors (Lipinski definition) is 0. The van der Waals surface area contributed by atoms with Gasteiger partial charge in [0.05, 0.1) is 5.56 Å². The van der Waals surface area contributed by atoms with E-state index >= 15 is 0 Å². The van der Waals surface area contributed by atoms with Crippen LogP contribution in [-0.4, -0.2) is 19.5 Å². The van der Waals surface area contributed by atoms with E-state index < -0.39 is 5.82 Å². The lowest BCUT2D eigenvalue weighted by molar-refractivity contribution is 0.0889. The van der Waals surface area contributed by atoms with E-state index in [1.54, 1.807) is 26.2 Å². The summed E-state index contributed by atoms with van der Waals surface area (Å²) in [6.45, 7) is 2.28. The summed E-state index contributed by atoms with van der Waals surface area (Å²) in [7, 11) is 1.58. The minimum atomic E-state index is -0.483. The molecule has 4 heteroatoms. The third-order valence-electron chi connectivity index (χ3n) is 2.41. The summed E-state index contributed by atoms with van der Waals surface area (Å²) in [5.74, 6) is -0.918. The van der Waals surface area contributed by atoms with Gasteiger partial charge in [-0.1, -0.05) is 13.0 Å². The largest absolute Gasteiger partial charge is 0.385 e. The maximum absolute atomic E-state index is 13.5. The summed E-state index contributed by atoms with van der Waals surface area (Å²) in [5, 5.41) is 0. The molecule has 1 unspecified atom stereocenters. The number of methoxy groups -OCH3 is 1. The molecule has 0 aliphatic rings. The molecule has 0 spiro atoms. The molecule has 0 N–H and O–H groups in total. The van der Waals surface area contributed by atoms with Crippen LogP contribution in [-0.2, 0) is 4.74 Å². The van der Waals surface area contributed by atoms with Gasteiger partial charge in [-0.3, -0.25) is 4.79 Å². The molecule has 0 aliphatic carbocycles. The van der Waals surface area contributed by atoms with Crippen LogP contribution < -0.4 is 0 Å². The van der Waals surface area contributed by atoms with Gasteiger partial charge in [0, 0.05) is 24.1 Å². The van der Waals surface area contributed by atoms with Crippen molar-refractivity contribution in [3.63, 3.8) is 0 Å². The van der Waals surface area contributed by atoms with E-state index in [1.807, 2.05) is 0 Å². The second-order valence-corrected chi connectivity index (χ2v) is 4.50. The molecule has 0 aliphatic heterocycles. The Balaban J connectivity index is 2.87. The summed E-state index contributed by atoms with van der Waals surface area (Å²) in [6, 6.07) is 4.52. The van der Waals surface area contributed by atoms with Crippen molar-refractivity contribution in [1.29, 1.82) is 0 Å². The Morgan fingerprint density at radius 3 is 2.81 bits per heavy atom. The molecule has 1 aromatic carbocycles. The summed E-state index contributed by atoms with van der Waals surface area (Å²) >= 11 is 3.19. The first-order chi connectivity index (χ1) is 7.57. The minimum absolute atomic E-state index is 0.131. The zero-order valence-corrected chi connectivity index (χ0v) is 10.9. The number of benzene rings is 1. The SMILES string of the molecule is COCCC(C)C(=O)c1c(F)cccc1Br. The lowest BCUT2D eigenvalue weighted by Crippen LogP contribution is -2.15. The van der Waals surface area contributed by atoms with Crippen LogP contribution in [0.3, 0.4) is 0 Å². The number of ketones is 1. The highest BCUT2D eigenvalue weighted by atomic mass is 79.9. The molecule has 0 aromatic heterocycles. The average molecular weight is 289 g/mol. The molecule has 0 fully saturated rings. The average Bonchev–Trinajstić information content (AvgIpc) is 2.25. The van der Waals surface area contributed by atoms with E-state index in [0.29, 0.717) is 17.5 Å². The van der Waals surface area contributed by atoms with E-state index in [2.05, 4.69) is 15.9 Å². The molecule has 0 amide bonds. The van der Waals surface area contributed by atoms with Crippen LogP contribution in [0.4, 0.5) is 4.39 Å². The number of rotatable bonds is 5. The van der Waals surface area contributed by atoms with E-state index in [0.717, 1.165) is 0 Å². The van der Waals surface area contributed by atoms with Crippen LogP contribution in [0, 0.1) is 11.7 Å². The van der Waals surface area contributed by atoms with Crippen LogP contribution >= 0.6 is 15.9 Å². The summed E-state index contributed by atoms with van der Waals surface area (Å²) in [4.78, 5) is 12.0. The van der Waals surface area contributed by atoms with E-state index in [4.69, 9.17) is 4.74 Å². The van der Waals surface area contributed by atoms with Crippen molar-refractivity contribution in [2.45, 2.75) is 13.3 Å². The number of Topliss-reactive ketones (excluding diaryl/α,β-unsaturated/α-hetero) is 1. The number of carbonyl (C=O) groups excluding carboxylic acids is 1. The smallest absolute Gasteiger partial charge is 0.169 e. The molecule has 2 nitrogen and oxygen atoms in total. The van der Waals surface area contributed by atoms with Gasteiger partial charge in [0.1, 0.15) is 5.82 Å². The molecule has 0 radical (unpaired) electrons. The number of hydrogen-bond acceptors (Lipinski definition) is 2. The van der Waals surface area contributed by atoms with Gasteiger partial charge >= 0.3 is 0 Å². The highest BCUT2D eigenvalue weighted by Gasteiger charge is 2.20. The van der Waals surface area contributed by atoms with Gasteiger partial charge in [-0.05, 0) is 34.5 Å². The zero-order chi connectivity index (χ0) is 12.1. The lowest BCUT2D eigenvalue weighted by atomic mass is 9.96. The van der Waals surface area contributed by atoms with Crippen LogP contribution in [0.2, 0.25) is 0 Å². The van der Waals surface area contributed by atoms with Crippen molar-refractivity contribution in [3.05, 3.63) is 34.1 Å². The van der Waals surface area contributed by atoms with Crippen molar-refractivity contribution in [2.75, 3.05) is 13.7 Å². The van der Waals surface area contributed by atoms with Gasteiger partial charge in [0.15, 0.2) is 5.78 Å². The first-order valence-electron chi connectivity index (χ1n) is 5.05. The van der Waals surface area contributed by atoms with Gasteiger partial charge < -0.3 is 4.74 Å². The van der Waals surface area contributed by atoms with Crippen LogP contribution in [0.1, 0.15) is 23.7 Å². The second-order valence-electron chi connectivity index (χ2n) is 3.64. The first kappa shape index (κ1) is 13.3. The normalized spacial score (nSPS) is 12.5. The molecule has 1 aromatic rings. The highest BCUT2D eigenvalue weighted by Crippen LogP contribution is 2.23. The van der Waals surface area contributed by atoms with Crippen molar-refractivity contribution in [2.24, 2.45) is 5.92 Å². The molecule has 1 atom stereocenters. The molecular weight excluding hydrogens is 275 g/mol. The lowest BCUT2D eigenvalue weighted by Gasteiger charge is -2.11. The van der Waals surface area contributed by atoms with Crippen LogP contribution in [0.5, 0.6) is 0 Å². The third kappa shape index (κ3) is 3.12. The Morgan fingerprint density at radius 1 is 1.56 bits per heavy atom. The predicted octanol–water partition coefficient (Wildman–Crippen LogP) is 3.44. The predicted molar refractivity (Wildman–Crippen MR) is 64.1 cm³/mol. The molecule has 88 valence electrons. The van der Waals surface area contributed by atoms with Gasteiger partial charge in [0.2, 0.25) is 0 Å². The van der Waals surface area contributed by atoms with Crippen LogP contribution in [0.25, 0.3) is 0 Å². The van der Waals surface area contributed by atoms with Gasteiger partial charge in [0.25, 0.3) is 0 Å². The second kappa shape index (κ2) is 6.11.